The van der Waals surface area contributed by atoms with Crippen LogP contribution in [0.2, 0.25) is 0 Å². The normalized spacial score (nSPS) is 10.2. The molecule has 0 bridgehead atoms. The van der Waals surface area contributed by atoms with E-state index in [0.29, 0.717) is 17.9 Å². The van der Waals surface area contributed by atoms with Gasteiger partial charge in [-0.3, -0.25) is 19.6 Å². The lowest BCUT2D eigenvalue weighted by molar-refractivity contribution is 0.0963. The van der Waals surface area contributed by atoms with Crippen molar-refractivity contribution >= 4 is 23.5 Å². The molecule has 0 atom stereocenters. The number of nitrogens with one attached hydrogen (secondary N) is 2. The van der Waals surface area contributed by atoms with Gasteiger partial charge in [0.2, 0.25) is 0 Å². The summed E-state index contributed by atoms with van der Waals surface area (Å²) in [5.41, 5.74) is 6.71. The number of aromatic nitrogens is 2. The molecule has 120 valence electrons. The number of imide groups is 1. The molecule has 0 fully saturated rings. The summed E-state index contributed by atoms with van der Waals surface area (Å²) >= 11 is 0. The molecule has 0 unspecified atom stereocenters. The molecule has 1 aromatic heterocycles. The molecule has 1 aromatic carbocycles. The third-order valence-corrected chi connectivity index (χ3v) is 3.05. The Kier molecular flexibility index (Phi) is 4.75. The lowest BCUT2D eigenvalue weighted by atomic mass is 10.2. The van der Waals surface area contributed by atoms with Crippen molar-refractivity contribution in [2.75, 3.05) is 5.32 Å². The molecule has 2 aromatic rings. The van der Waals surface area contributed by atoms with Crippen molar-refractivity contribution in [2.45, 2.75) is 20.4 Å². The molecule has 2 rings (SSSR count). The molecule has 23 heavy (non-hydrogen) atoms. The third kappa shape index (κ3) is 3.94. The number of rotatable bonds is 4. The van der Waals surface area contributed by atoms with Gasteiger partial charge in [0.1, 0.15) is 5.69 Å². The zero-order valence-electron chi connectivity index (χ0n) is 12.8. The number of aryl methyl sites for hydroxylation is 2. The number of hydrogen-bond acceptors (Lipinski definition) is 4. The molecule has 4 N–H and O–H groups in total. The summed E-state index contributed by atoms with van der Waals surface area (Å²) < 4.78 is 1.59. The summed E-state index contributed by atoms with van der Waals surface area (Å²) in [5.74, 6) is -0.969. The number of amides is 4. The van der Waals surface area contributed by atoms with Gasteiger partial charge in [0.25, 0.3) is 11.8 Å². The zero-order valence-corrected chi connectivity index (χ0v) is 12.8. The molecule has 0 saturated heterocycles. The van der Waals surface area contributed by atoms with E-state index in [4.69, 9.17) is 5.73 Å². The van der Waals surface area contributed by atoms with Crippen LogP contribution < -0.4 is 16.4 Å². The second-order valence-electron chi connectivity index (χ2n) is 4.84. The summed E-state index contributed by atoms with van der Waals surface area (Å²) in [6.07, 6.45) is 0. The Labute approximate surface area is 132 Å². The van der Waals surface area contributed by atoms with Crippen LogP contribution in [-0.2, 0) is 6.54 Å². The van der Waals surface area contributed by atoms with Gasteiger partial charge in [0, 0.05) is 17.8 Å². The average Bonchev–Trinajstić information content (AvgIpc) is 2.88. The molecule has 0 aliphatic carbocycles. The van der Waals surface area contributed by atoms with Gasteiger partial charge in [-0.15, -0.1) is 0 Å². The second-order valence-corrected chi connectivity index (χ2v) is 4.84. The van der Waals surface area contributed by atoms with E-state index in [2.05, 4.69) is 10.4 Å². The first-order valence-electron chi connectivity index (χ1n) is 6.97. The smallest absolute Gasteiger partial charge is 0.319 e. The first kappa shape index (κ1) is 16.2. The van der Waals surface area contributed by atoms with E-state index in [9.17, 15) is 14.4 Å². The molecular weight excluding hydrogens is 298 g/mol. The fourth-order valence-corrected chi connectivity index (χ4v) is 2.09. The number of hydrogen-bond donors (Lipinski definition) is 3. The van der Waals surface area contributed by atoms with Crippen LogP contribution in [0.1, 0.15) is 33.5 Å². The molecule has 0 aliphatic rings. The Balaban J connectivity index is 2.18. The molecule has 4 amide bonds. The Morgan fingerprint density at radius 1 is 1.22 bits per heavy atom. The van der Waals surface area contributed by atoms with Crippen LogP contribution in [0.4, 0.5) is 10.5 Å². The fraction of sp³-hybridized carbons (Fsp3) is 0.200. The minimum Gasteiger partial charge on any atom is -0.351 e. The van der Waals surface area contributed by atoms with Crippen LogP contribution in [0.25, 0.3) is 0 Å². The second kappa shape index (κ2) is 6.73. The van der Waals surface area contributed by atoms with Gasteiger partial charge < -0.3 is 11.1 Å². The minimum atomic E-state index is -0.938. The van der Waals surface area contributed by atoms with Gasteiger partial charge in [-0.05, 0) is 38.1 Å². The molecule has 8 heteroatoms. The van der Waals surface area contributed by atoms with Crippen molar-refractivity contribution in [2.24, 2.45) is 5.73 Å². The van der Waals surface area contributed by atoms with E-state index in [1.54, 1.807) is 29.8 Å². The number of benzene rings is 1. The van der Waals surface area contributed by atoms with Crippen molar-refractivity contribution in [1.82, 2.24) is 15.1 Å². The molecule has 8 nitrogen and oxygen atoms in total. The zero-order chi connectivity index (χ0) is 17.0. The quantitative estimate of drug-likeness (QED) is 0.787. The average molecular weight is 315 g/mol. The van der Waals surface area contributed by atoms with Gasteiger partial charge in [-0.25, -0.2) is 4.79 Å². The molecular formula is C15H17N5O3. The highest BCUT2D eigenvalue weighted by Crippen LogP contribution is 2.13. The van der Waals surface area contributed by atoms with E-state index in [1.807, 2.05) is 12.2 Å². The van der Waals surface area contributed by atoms with Crippen molar-refractivity contribution in [3.05, 3.63) is 47.3 Å². The molecule has 1 heterocycles. The standard InChI is InChI=1S/C15H17N5O3/c1-3-20-12(7-9(2)19-20)14(22)17-11-6-4-5-10(8-11)13(21)18-15(16)23/h4-8H,3H2,1-2H3,(H,17,22)(H3,16,18,21,23). The highest BCUT2D eigenvalue weighted by molar-refractivity contribution is 6.06. The highest BCUT2D eigenvalue weighted by atomic mass is 16.2. The monoisotopic (exact) mass is 315 g/mol. The first-order valence-corrected chi connectivity index (χ1v) is 6.97. The van der Waals surface area contributed by atoms with Crippen LogP contribution in [-0.4, -0.2) is 27.6 Å². The van der Waals surface area contributed by atoms with E-state index >= 15 is 0 Å². The van der Waals surface area contributed by atoms with Crippen LogP contribution in [0, 0.1) is 6.92 Å². The van der Waals surface area contributed by atoms with E-state index < -0.39 is 11.9 Å². The SMILES string of the molecule is CCn1nc(C)cc1C(=O)Nc1cccc(C(=O)NC(N)=O)c1. The largest absolute Gasteiger partial charge is 0.351 e. The topological polar surface area (TPSA) is 119 Å². The summed E-state index contributed by atoms with van der Waals surface area (Å²) in [5, 5.41) is 8.88. The van der Waals surface area contributed by atoms with Crippen molar-refractivity contribution in [3.63, 3.8) is 0 Å². The molecule has 0 aliphatic heterocycles. The number of anilines is 1. The van der Waals surface area contributed by atoms with Gasteiger partial charge >= 0.3 is 6.03 Å². The number of nitrogens with zero attached hydrogens (tertiary/aromatic N) is 2. The van der Waals surface area contributed by atoms with Crippen LogP contribution >= 0.6 is 0 Å². The van der Waals surface area contributed by atoms with Crippen molar-refractivity contribution in [1.29, 1.82) is 0 Å². The van der Waals surface area contributed by atoms with Gasteiger partial charge in [0.05, 0.1) is 5.69 Å². The summed E-state index contributed by atoms with van der Waals surface area (Å²) in [6.45, 7) is 4.26. The maximum Gasteiger partial charge on any atom is 0.319 e. The van der Waals surface area contributed by atoms with E-state index in [1.165, 1.54) is 12.1 Å². The predicted octanol–water partition coefficient (Wildman–Crippen LogP) is 1.27. The predicted molar refractivity (Wildman–Crippen MR) is 84.1 cm³/mol. The number of nitrogens with two attached hydrogens (primary N) is 1. The molecule has 0 radical (unpaired) electrons. The maximum absolute atomic E-state index is 12.3. The Morgan fingerprint density at radius 3 is 2.61 bits per heavy atom. The number of carbonyl (C=O) groups is 3. The molecule has 0 saturated carbocycles. The highest BCUT2D eigenvalue weighted by Gasteiger charge is 2.14. The first-order chi connectivity index (χ1) is 10.9. The van der Waals surface area contributed by atoms with Crippen molar-refractivity contribution < 1.29 is 14.4 Å². The Bertz CT molecular complexity index is 766. The van der Waals surface area contributed by atoms with Crippen LogP contribution in [0.3, 0.4) is 0 Å². The summed E-state index contributed by atoms with van der Waals surface area (Å²) in [6, 6.07) is 6.94. The van der Waals surface area contributed by atoms with Crippen molar-refractivity contribution in [3.8, 4) is 0 Å². The summed E-state index contributed by atoms with van der Waals surface area (Å²) in [4.78, 5) is 34.8. The fourth-order valence-electron chi connectivity index (χ4n) is 2.09. The van der Waals surface area contributed by atoms with Crippen LogP contribution in [0.5, 0.6) is 0 Å². The van der Waals surface area contributed by atoms with Gasteiger partial charge in [-0.1, -0.05) is 6.07 Å². The third-order valence-electron chi connectivity index (χ3n) is 3.05. The van der Waals surface area contributed by atoms with Crippen LogP contribution in [0.15, 0.2) is 30.3 Å². The number of primary amides is 1. The number of carbonyl (C=O) groups excluding carboxylic acids is 3. The lowest BCUT2D eigenvalue weighted by Crippen LogP contribution is -2.34. The van der Waals surface area contributed by atoms with Gasteiger partial charge in [-0.2, -0.15) is 5.10 Å². The summed E-state index contributed by atoms with van der Waals surface area (Å²) in [7, 11) is 0. The van der Waals surface area contributed by atoms with E-state index in [-0.39, 0.29) is 11.5 Å². The Morgan fingerprint density at radius 2 is 1.96 bits per heavy atom. The lowest BCUT2D eigenvalue weighted by Gasteiger charge is -2.08. The van der Waals surface area contributed by atoms with E-state index in [0.717, 1.165) is 5.69 Å². The maximum atomic E-state index is 12.3. The number of urea groups is 1. The Hall–Kier alpha value is -3.16. The molecule has 0 spiro atoms. The minimum absolute atomic E-state index is 0.210. The van der Waals surface area contributed by atoms with Gasteiger partial charge in [0.15, 0.2) is 0 Å².